The summed E-state index contributed by atoms with van der Waals surface area (Å²) >= 11 is 2.65. The zero-order valence-corrected chi connectivity index (χ0v) is 9.56. The summed E-state index contributed by atoms with van der Waals surface area (Å²) in [6.07, 6.45) is 0. The minimum Gasteiger partial charge on any atom is -0.206 e. The van der Waals surface area contributed by atoms with Crippen LogP contribution in [0.4, 0.5) is 13.2 Å². The van der Waals surface area contributed by atoms with Gasteiger partial charge in [0.1, 0.15) is 5.82 Å². The standard InChI is InChI=1S/C12H6BrF3/c13-10-9(14)6-8(11(15)12(10)16)7-4-2-1-3-5-7/h1-6H. The maximum Gasteiger partial charge on any atom is 0.176 e. The highest BCUT2D eigenvalue weighted by Gasteiger charge is 2.17. The van der Waals surface area contributed by atoms with E-state index in [1.54, 1.807) is 30.3 Å². The van der Waals surface area contributed by atoms with E-state index in [0.29, 0.717) is 5.56 Å². The lowest BCUT2D eigenvalue weighted by molar-refractivity contribution is 0.490. The molecule has 0 aromatic heterocycles. The Hall–Kier alpha value is -1.29. The van der Waals surface area contributed by atoms with Crippen LogP contribution in [0, 0.1) is 17.5 Å². The van der Waals surface area contributed by atoms with E-state index < -0.39 is 21.9 Å². The van der Waals surface area contributed by atoms with E-state index in [1.165, 1.54) is 0 Å². The van der Waals surface area contributed by atoms with Gasteiger partial charge in [0, 0.05) is 5.56 Å². The molecular formula is C12H6BrF3. The zero-order chi connectivity index (χ0) is 11.7. The molecule has 0 nitrogen and oxygen atoms in total. The highest BCUT2D eigenvalue weighted by Crippen LogP contribution is 2.30. The molecule has 0 aliphatic rings. The van der Waals surface area contributed by atoms with Crippen LogP contribution in [-0.4, -0.2) is 0 Å². The predicted octanol–water partition coefficient (Wildman–Crippen LogP) is 4.53. The van der Waals surface area contributed by atoms with Crippen molar-refractivity contribution in [3.63, 3.8) is 0 Å². The number of rotatable bonds is 1. The third kappa shape index (κ3) is 1.85. The van der Waals surface area contributed by atoms with Gasteiger partial charge in [0.25, 0.3) is 0 Å². The third-order valence-electron chi connectivity index (χ3n) is 2.19. The highest BCUT2D eigenvalue weighted by molar-refractivity contribution is 9.10. The van der Waals surface area contributed by atoms with E-state index in [9.17, 15) is 13.2 Å². The number of halogens is 4. The van der Waals surface area contributed by atoms with E-state index in [4.69, 9.17) is 0 Å². The maximum absolute atomic E-state index is 13.6. The fourth-order valence-electron chi connectivity index (χ4n) is 1.40. The predicted molar refractivity (Wildman–Crippen MR) is 59.5 cm³/mol. The third-order valence-corrected chi connectivity index (χ3v) is 2.91. The van der Waals surface area contributed by atoms with Gasteiger partial charge >= 0.3 is 0 Å². The molecular weight excluding hydrogens is 281 g/mol. The van der Waals surface area contributed by atoms with Crippen molar-refractivity contribution >= 4 is 15.9 Å². The molecule has 0 saturated carbocycles. The van der Waals surface area contributed by atoms with Gasteiger partial charge in [-0.15, -0.1) is 0 Å². The summed E-state index contributed by atoms with van der Waals surface area (Å²) < 4.78 is 39.6. The van der Waals surface area contributed by atoms with Gasteiger partial charge < -0.3 is 0 Å². The molecule has 16 heavy (non-hydrogen) atoms. The van der Waals surface area contributed by atoms with Crippen LogP contribution in [0.2, 0.25) is 0 Å². The summed E-state index contributed by atoms with van der Waals surface area (Å²) in [5.74, 6) is -3.09. The second-order valence-corrected chi connectivity index (χ2v) is 4.01. The van der Waals surface area contributed by atoms with Gasteiger partial charge in [-0.1, -0.05) is 30.3 Å². The Morgan fingerprint density at radius 2 is 1.50 bits per heavy atom. The van der Waals surface area contributed by atoms with Crippen molar-refractivity contribution in [2.24, 2.45) is 0 Å². The average Bonchev–Trinajstić information content (AvgIpc) is 2.32. The van der Waals surface area contributed by atoms with Gasteiger partial charge in [0.2, 0.25) is 0 Å². The number of benzene rings is 2. The van der Waals surface area contributed by atoms with Crippen LogP contribution >= 0.6 is 15.9 Å². The van der Waals surface area contributed by atoms with Gasteiger partial charge in [0.15, 0.2) is 11.6 Å². The Kier molecular flexibility index (Phi) is 3.01. The number of hydrogen-bond donors (Lipinski definition) is 0. The molecule has 0 aliphatic carbocycles. The molecule has 0 radical (unpaired) electrons. The molecule has 0 spiro atoms. The van der Waals surface area contributed by atoms with Crippen LogP contribution in [0.15, 0.2) is 40.9 Å². The Balaban J connectivity index is 2.68. The lowest BCUT2D eigenvalue weighted by Crippen LogP contribution is -1.94. The summed E-state index contributed by atoms with van der Waals surface area (Å²) in [5, 5.41) is 0. The SMILES string of the molecule is Fc1cc(-c2ccccc2)c(F)c(F)c1Br. The van der Waals surface area contributed by atoms with E-state index in [-0.39, 0.29) is 5.56 Å². The van der Waals surface area contributed by atoms with Crippen molar-refractivity contribution in [2.45, 2.75) is 0 Å². The first-order chi connectivity index (χ1) is 7.61. The smallest absolute Gasteiger partial charge is 0.176 e. The summed E-state index contributed by atoms with van der Waals surface area (Å²) in [7, 11) is 0. The van der Waals surface area contributed by atoms with Crippen LogP contribution in [0.3, 0.4) is 0 Å². The van der Waals surface area contributed by atoms with Crippen molar-refractivity contribution in [3.8, 4) is 11.1 Å². The molecule has 0 saturated heterocycles. The molecule has 0 amide bonds. The van der Waals surface area contributed by atoms with E-state index >= 15 is 0 Å². The normalized spacial score (nSPS) is 10.5. The first-order valence-corrected chi connectivity index (χ1v) is 5.29. The van der Waals surface area contributed by atoms with Gasteiger partial charge in [-0.25, -0.2) is 13.2 Å². The molecule has 0 unspecified atom stereocenters. The minimum atomic E-state index is -1.21. The molecule has 2 aromatic rings. The van der Waals surface area contributed by atoms with Gasteiger partial charge in [-0.3, -0.25) is 0 Å². The fraction of sp³-hybridized carbons (Fsp3) is 0. The molecule has 0 atom stereocenters. The van der Waals surface area contributed by atoms with Crippen LogP contribution in [0.25, 0.3) is 11.1 Å². The molecule has 4 heteroatoms. The summed E-state index contributed by atoms with van der Waals surface area (Å²) in [6, 6.07) is 9.24. The topological polar surface area (TPSA) is 0 Å². The molecule has 2 rings (SSSR count). The zero-order valence-electron chi connectivity index (χ0n) is 7.98. The Labute approximate surface area is 98.9 Å². The van der Waals surface area contributed by atoms with Crippen molar-refractivity contribution in [1.82, 2.24) is 0 Å². The first-order valence-electron chi connectivity index (χ1n) is 4.49. The molecule has 0 N–H and O–H groups in total. The monoisotopic (exact) mass is 286 g/mol. The van der Waals surface area contributed by atoms with Crippen molar-refractivity contribution < 1.29 is 13.2 Å². The molecule has 2 aromatic carbocycles. The highest BCUT2D eigenvalue weighted by atomic mass is 79.9. The van der Waals surface area contributed by atoms with Crippen molar-refractivity contribution in [3.05, 3.63) is 58.3 Å². The van der Waals surface area contributed by atoms with Crippen LogP contribution in [0.1, 0.15) is 0 Å². The van der Waals surface area contributed by atoms with E-state index in [1.807, 2.05) is 0 Å². The molecule has 0 fully saturated rings. The Morgan fingerprint density at radius 3 is 2.12 bits per heavy atom. The van der Waals surface area contributed by atoms with Gasteiger partial charge in [-0.2, -0.15) is 0 Å². The van der Waals surface area contributed by atoms with Crippen molar-refractivity contribution in [2.75, 3.05) is 0 Å². The van der Waals surface area contributed by atoms with E-state index in [2.05, 4.69) is 15.9 Å². The minimum absolute atomic E-state index is 0.0844. The number of hydrogen-bond acceptors (Lipinski definition) is 0. The fourth-order valence-corrected chi connectivity index (χ4v) is 1.69. The molecule has 0 heterocycles. The Bertz CT molecular complexity index is 524. The second kappa shape index (κ2) is 4.29. The summed E-state index contributed by atoms with van der Waals surface area (Å²) in [5.41, 5.74) is 0.351. The van der Waals surface area contributed by atoms with Crippen LogP contribution in [0.5, 0.6) is 0 Å². The quantitative estimate of drug-likeness (QED) is 0.534. The summed E-state index contributed by atoms with van der Waals surface area (Å²) in [4.78, 5) is 0. The lowest BCUT2D eigenvalue weighted by atomic mass is 10.0. The van der Waals surface area contributed by atoms with Crippen LogP contribution in [-0.2, 0) is 0 Å². The molecule has 0 aliphatic heterocycles. The Morgan fingerprint density at radius 1 is 0.875 bits per heavy atom. The van der Waals surface area contributed by atoms with E-state index in [0.717, 1.165) is 6.07 Å². The summed E-state index contributed by atoms with van der Waals surface area (Å²) in [6.45, 7) is 0. The average molecular weight is 287 g/mol. The lowest BCUT2D eigenvalue weighted by Gasteiger charge is -2.06. The van der Waals surface area contributed by atoms with Gasteiger partial charge in [-0.05, 0) is 27.6 Å². The van der Waals surface area contributed by atoms with Crippen LogP contribution < -0.4 is 0 Å². The molecule has 82 valence electrons. The van der Waals surface area contributed by atoms with Crippen molar-refractivity contribution in [1.29, 1.82) is 0 Å². The van der Waals surface area contributed by atoms with Gasteiger partial charge in [0.05, 0.1) is 4.47 Å². The maximum atomic E-state index is 13.6. The second-order valence-electron chi connectivity index (χ2n) is 3.21. The molecule has 0 bridgehead atoms. The largest absolute Gasteiger partial charge is 0.206 e. The first kappa shape index (κ1) is 11.2.